The molecule has 1 heterocycles. The van der Waals surface area contributed by atoms with Gasteiger partial charge in [0.05, 0.1) is 0 Å². The van der Waals surface area contributed by atoms with Crippen LogP contribution in [0.15, 0.2) is 22.8 Å². The molecule has 16 heavy (non-hydrogen) atoms. The summed E-state index contributed by atoms with van der Waals surface area (Å²) in [6, 6.07) is 4.93. The molecule has 1 aromatic rings. The van der Waals surface area contributed by atoms with Gasteiger partial charge in [0.25, 0.3) is 0 Å². The molecule has 0 amide bonds. The Bertz CT molecular complexity index is 462. The van der Waals surface area contributed by atoms with E-state index in [1.807, 2.05) is 0 Å². The maximum atomic E-state index is 11.8. The van der Waals surface area contributed by atoms with Gasteiger partial charge < -0.3 is 0 Å². The molecule has 1 N–H and O–H groups in total. The monoisotopic (exact) mass is 307 g/mol. The van der Waals surface area contributed by atoms with E-state index in [1.54, 1.807) is 32.0 Å². The Morgan fingerprint density at radius 2 is 2.06 bits per heavy atom. The Morgan fingerprint density at radius 3 is 2.56 bits per heavy atom. The summed E-state index contributed by atoms with van der Waals surface area (Å²) in [5, 5.41) is 0. The minimum absolute atomic E-state index is 0.107. The summed E-state index contributed by atoms with van der Waals surface area (Å²) in [6.45, 7) is 3.60. The topological polar surface area (TPSA) is 62.3 Å². The maximum absolute atomic E-state index is 11.8. The molecular weight excluding hydrogens is 294 g/mol. The molecule has 0 aliphatic carbocycles. The summed E-state index contributed by atoms with van der Waals surface area (Å²) >= 11 is 3.18. The van der Waals surface area contributed by atoms with E-state index in [0.29, 0.717) is 10.4 Å². The fraction of sp³-hybridized carbons (Fsp3) is 0.444. The summed E-state index contributed by atoms with van der Waals surface area (Å²) in [4.78, 5) is 4.00. The molecule has 0 aromatic carbocycles. The van der Waals surface area contributed by atoms with Crippen LogP contribution in [0.3, 0.4) is 0 Å². The number of hydrogen-bond acceptors (Lipinski definition) is 3. The highest BCUT2D eigenvalue weighted by Gasteiger charge is 2.20. The van der Waals surface area contributed by atoms with Gasteiger partial charge in [0.1, 0.15) is 10.4 Å². The van der Waals surface area contributed by atoms with Crippen molar-refractivity contribution in [1.29, 1.82) is 0 Å². The molecule has 0 fully saturated rings. The first-order valence-corrected chi connectivity index (χ1v) is 6.94. The number of aromatic nitrogens is 1. The summed E-state index contributed by atoms with van der Waals surface area (Å²) in [7, 11) is -2.01. The molecule has 0 radical (unpaired) electrons. The summed E-state index contributed by atoms with van der Waals surface area (Å²) in [5.74, 6) is 0.293. The van der Waals surface area contributed by atoms with Gasteiger partial charge in [0.15, 0.2) is 0 Å². The van der Waals surface area contributed by atoms with Crippen molar-refractivity contribution in [1.82, 2.24) is 9.29 Å². The first kappa shape index (κ1) is 13.4. The molecule has 1 rings (SSSR count). The van der Waals surface area contributed by atoms with Crippen LogP contribution < -0.4 is 4.72 Å². The standard InChI is InChI=1S/C9H14BrN3O2S/c1-7(2)13(3)16(14,15)12-9-6-4-5-8(10)11-9/h4-7H,1-3H3,(H,11,12). The van der Waals surface area contributed by atoms with Crippen LogP contribution >= 0.6 is 15.9 Å². The van der Waals surface area contributed by atoms with Crippen molar-refractivity contribution in [2.75, 3.05) is 11.8 Å². The first-order chi connectivity index (χ1) is 7.33. The molecule has 90 valence electrons. The number of pyridine rings is 1. The Labute approximate surface area is 104 Å². The van der Waals surface area contributed by atoms with Crippen LogP contribution in [0.25, 0.3) is 0 Å². The summed E-state index contributed by atoms with van der Waals surface area (Å²) < 4.78 is 27.9. The summed E-state index contributed by atoms with van der Waals surface area (Å²) in [6.07, 6.45) is 0. The minimum atomic E-state index is -3.53. The normalized spacial score (nSPS) is 12.1. The van der Waals surface area contributed by atoms with E-state index in [1.165, 1.54) is 11.4 Å². The molecule has 0 unspecified atom stereocenters. The van der Waals surface area contributed by atoms with Crippen molar-refractivity contribution >= 4 is 32.0 Å². The minimum Gasteiger partial charge on any atom is -0.254 e. The molecule has 7 heteroatoms. The van der Waals surface area contributed by atoms with Gasteiger partial charge in [-0.2, -0.15) is 12.7 Å². The number of nitrogens with zero attached hydrogens (tertiary/aromatic N) is 2. The average molecular weight is 308 g/mol. The van der Waals surface area contributed by atoms with Crippen LogP contribution in [0.1, 0.15) is 13.8 Å². The largest absolute Gasteiger partial charge is 0.302 e. The van der Waals surface area contributed by atoms with Gasteiger partial charge in [0.2, 0.25) is 0 Å². The zero-order chi connectivity index (χ0) is 12.3. The Hall–Kier alpha value is -0.660. The molecule has 5 nitrogen and oxygen atoms in total. The first-order valence-electron chi connectivity index (χ1n) is 4.71. The lowest BCUT2D eigenvalue weighted by molar-refractivity contribution is 0.414. The fourth-order valence-electron chi connectivity index (χ4n) is 0.947. The van der Waals surface area contributed by atoms with E-state index in [-0.39, 0.29) is 6.04 Å². The lowest BCUT2D eigenvalue weighted by atomic mass is 10.4. The highest BCUT2D eigenvalue weighted by atomic mass is 79.9. The lowest BCUT2D eigenvalue weighted by Gasteiger charge is -2.21. The highest BCUT2D eigenvalue weighted by molar-refractivity contribution is 9.10. The molecule has 1 aromatic heterocycles. The van der Waals surface area contributed by atoms with E-state index in [2.05, 4.69) is 25.6 Å². The van der Waals surface area contributed by atoms with Gasteiger partial charge in [0, 0.05) is 13.1 Å². The van der Waals surface area contributed by atoms with Gasteiger partial charge in [-0.1, -0.05) is 6.07 Å². The fourth-order valence-corrected chi connectivity index (χ4v) is 2.37. The second-order valence-corrected chi connectivity index (χ2v) is 6.11. The third-order valence-electron chi connectivity index (χ3n) is 2.05. The Morgan fingerprint density at radius 1 is 1.44 bits per heavy atom. The Balaban J connectivity index is 2.89. The second-order valence-electron chi connectivity index (χ2n) is 3.56. The predicted molar refractivity (Wildman–Crippen MR) is 67.4 cm³/mol. The van der Waals surface area contributed by atoms with Crippen molar-refractivity contribution in [3.63, 3.8) is 0 Å². The number of anilines is 1. The lowest BCUT2D eigenvalue weighted by Crippen LogP contribution is -2.37. The zero-order valence-corrected chi connectivity index (χ0v) is 11.7. The summed E-state index contributed by atoms with van der Waals surface area (Å²) in [5.41, 5.74) is 0. The molecule has 0 spiro atoms. The third kappa shape index (κ3) is 3.43. The number of hydrogen-bond donors (Lipinski definition) is 1. The Kier molecular flexibility index (Phi) is 4.28. The molecule has 0 saturated heterocycles. The molecule has 0 aliphatic rings. The van der Waals surface area contributed by atoms with Gasteiger partial charge in [-0.15, -0.1) is 0 Å². The smallest absolute Gasteiger partial charge is 0.254 e. The zero-order valence-electron chi connectivity index (χ0n) is 9.31. The van der Waals surface area contributed by atoms with Crippen LogP contribution in [0.5, 0.6) is 0 Å². The third-order valence-corrected chi connectivity index (χ3v) is 4.14. The van der Waals surface area contributed by atoms with E-state index in [4.69, 9.17) is 0 Å². The number of rotatable bonds is 4. The van der Waals surface area contributed by atoms with Crippen LogP contribution in [0, 0.1) is 0 Å². The highest BCUT2D eigenvalue weighted by Crippen LogP contribution is 2.13. The van der Waals surface area contributed by atoms with Gasteiger partial charge in [-0.3, -0.25) is 4.72 Å². The predicted octanol–water partition coefficient (Wildman–Crippen LogP) is 1.84. The van der Waals surface area contributed by atoms with Crippen LogP contribution in [-0.4, -0.2) is 30.8 Å². The van der Waals surface area contributed by atoms with Gasteiger partial charge in [-0.25, -0.2) is 4.98 Å². The van der Waals surface area contributed by atoms with Crippen molar-refractivity contribution in [3.05, 3.63) is 22.8 Å². The van der Waals surface area contributed by atoms with Gasteiger partial charge in [-0.05, 0) is 41.9 Å². The van der Waals surface area contributed by atoms with Crippen LogP contribution in [0.2, 0.25) is 0 Å². The van der Waals surface area contributed by atoms with E-state index < -0.39 is 10.2 Å². The second kappa shape index (κ2) is 5.11. The number of nitrogens with one attached hydrogen (secondary N) is 1. The van der Waals surface area contributed by atoms with E-state index >= 15 is 0 Å². The van der Waals surface area contributed by atoms with Crippen molar-refractivity contribution in [2.24, 2.45) is 0 Å². The van der Waals surface area contributed by atoms with Crippen molar-refractivity contribution in [3.8, 4) is 0 Å². The quantitative estimate of drug-likeness (QED) is 0.863. The number of halogens is 1. The SMILES string of the molecule is CC(C)N(C)S(=O)(=O)Nc1cccc(Br)n1. The van der Waals surface area contributed by atoms with E-state index in [9.17, 15) is 8.42 Å². The molecular formula is C9H14BrN3O2S. The maximum Gasteiger partial charge on any atom is 0.302 e. The molecule has 0 atom stereocenters. The van der Waals surface area contributed by atoms with Gasteiger partial charge >= 0.3 is 10.2 Å². The molecule has 0 saturated carbocycles. The molecule has 0 bridgehead atoms. The van der Waals surface area contributed by atoms with Crippen molar-refractivity contribution < 1.29 is 8.42 Å². The average Bonchev–Trinajstić information content (AvgIpc) is 2.15. The van der Waals surface area contributed by atoms with E-state index in [0.717, 1.165) is 0 Å². The van der Waals surface area contributed by atoms with Crippen LogP contribution in [0.4, 0.5) is 5.82 Å². The van der Waals surface area contributed by atoms with Crippen LogP contribution in [-0.2, 0) is 10.2 Å². The van der Waals surface area contributed by atoms with Crippen molar-refractivity contribution in [2.45, 2.75) is 19.9 Å². The molecule has 0 aliphatic heterocycles.